The molecule has 0 bridgehead atoms. The van der Waals surface area contributed by atoms with Gasteiger partial charge in [0.15, 0.2) is 5.96 Å². The number of aliphatic imine (C=N–C) groups is 1. The number of aromatic nitrogens is 2. The fourth-order valence-electron chi connectivity index (χ4n) is 2.72. The Hall–Kier alpha value is -1.60. The van der Waals surface area contributed by atoms with Crippen molar-refractivity contribution in [3.8, 4) is 0 Å². The van der Waals surface area contributed by atoms with Crippen molar-refractivity contribution in [1.29, 1.82) is 0 Å². The predicted molar refractivity (Wildman–Crippen MR) is 99.7 cm³/mol. The zero-order chi connectivity index (χ0) is 18.1. The van der Waals surface area contributed by atoms with Gasteiger partial charge < -0.3 is 24.7 Å². The molecule has 1 fully saturated rings. The molecule has 0 saturated carbocycles. The monoisotopic (exact) mass is 351 g/mol. The number of nitrogens with one attached hydrogen (secondary N) is 2. The van der Waals surface area contributed by atoms with Gasteiger partial charge in [0, 0.05) is 38.1 Å². The molecule has 2 heterocycles. The Morgan fingerprint density at radius 2 is 2.32 bits per heavy atom. The van der Waals surface area contributed by atoms with Crippen LogP contribution in [0.5, 0.6) is 0 Å². The molecule has 1 aliphatic heterocycles. The van der Waals surface area contributed by atoms with Gasteiger partial charge in [-0.1, -0.05) is 13.8 Å². The van der Waals surface area contributed by atoms with E-state index >= 15 is 0 Å². The third-order valence-corrected chi connectivity index (χ3v) is 3.94. The van der Waals surface area contributed by atoms with Crippen LogP contribution < -0.4 is 10.6 Å². The van der Waals surface area contributed by atoms with Crippen LogP contribution in [0.2, 0.25) is 0 Å². The van der Waals surface area contributed by atoms with Crippen LogP contribution in [0.4, 0.5) is 0 Å². The van der Waals surface area contributed by atoms with Crippen molar-refractivity contribution in [2.75, 3.05) is 26.4 Å². The fraction of sp³-hybridized carbons (Fsp3) is 0.778. The molecule has 25 heavy (non-hydrogen) atoms. The molecule has 1 aliphatic rings. The fourth-order valence-corrected chi connectivity index (χ4v) is 2.72. The summed E-state index contributed by atoms with van der Waals surface area (Å²) in [6.45, 7) is 13.1. The lowest BCUT2D eigenvalue weighted by Gasteiger charge is -2.19. The van der Waals surface area contributed by atoms with Gasteiger partial charge in [-0.2, -0.15) is 0 Å². The molecule has 2 rings (SSSR count). The van der Waals surface area contributed by atoms with Crippen LogP contribution in [0, 0.1) is 5.92 Å². The quantitative estimate of drug-likeness (QED) is 0.524. The zero-order valence-electron chi connectivity index (χ0n) is 16.0. The summed E-state index contributed by atoms with van der Waals surface area (Å²) < 4.78 is 13.4. The first-order valence-electron chi connectivity index (χ1n) is 9.32. The van der Waals surface area contributed by atoms with Gasteiger partial charge in [-0.15, -0.1) is 0 Å². The van der Waals surface area contributed by atoms with Crippen LogP contribution in [0.3, 0.4) is 0 Å². The maximum absolute atomic E-state index is 5.87. The van der Waals surface area contributed by atoms with Gasteiger partial charge in [-0.25, -0.2) is 9.98 Å². The molecular weight excluding hydrogens is 318 g/mol. The number of imidazole rings is 1. The van der Waals surface area contributed by atoms with E-state index in [-0.39, 0.29) is 12.1 Å². The van der Waals surface area contributed by atoms with E-state index in [0.717, 1.165) is 37.9 Å². The Kier molecular flexibility index (Phi) is 8.21. The second-order valence-electron chi connectivity index (χ2n) is 6.95. The number of rotatable bonds is 9. The largest absolute Gasteiger partial charge is 0.379 e. The van der Waals surface area contributed by atoms with Crippen molar-refractivity contribution < 1.29 is 9.47 Å². The van der Waals surface area contributed by atoms with E-state index in [4.69, 9.17) is 9.47 Å². The number of ether oxygens (including phenoxy) is 2. The van der Waals surface area contributed by atoms with Gasteiger partial charge in [-0.3, -0.25) is 0 Å². The Labute approximate surface area is 151 Å². The van der Waals surface area contributed by atoms with Gasteiger partial charge in [-0.05, 0) is 26.2 Å². The summed E-state index contributed by atoms with van der Waals surface area (Å²) >= 11 is 0. The molecule has 0 aliphatic carbocycles. The summed E-state index contributed by atoms with van der Waals surface area (Å²) in [5, 5.41) is 6.69. The molecule has 7 nitrogen and oxygen atoms in total. The normalized spacial score (nSPS) is 19.4. The van der Waals surface area contributed by atoms with Crippen LogP contribution in [-0.2, 0) is 22.6 Å². The lowest BCUT2D eigenvalue weighted by molar-refractivity contribution is 0.0347. The number of nitrogens with zero attached hydrogens (tertiary/aromatic N) is 3. The summed E-state index contributed by atoms with van der Waals surface area (Å²) in [6, 6.07) is 0.175. The Morgan fingerprint density at radius 3 is 3.00 bits per heavy atom. The van der Waals surface area contributed by atoms with Crippen molar-refractivity contribution in [2.24, 2.45) is 10.9 Å². The first kappa shape index (κ1) is 19.7. The van der Waals surface area contributed by atoms with Crippen LogP contribution in [0.25, 0.3) is 0 Å². The number of guanidine groups is 1. The third-order valence-electron chi connectivity index (χ3n) is 3.94. The first-order valence-corrected chi connectivity index (χ1v) is 9.32. The molecule has 0 spiro atoms. The SMILES string of the molecule is CCNC(=NCc1nccn1CC(C)C)NC(C)COC1CCOC1. The van der Waals surface area contributed by atoms with E-state index in [1.165, 1.54) is 0 Å². The van der Waals surface area contributed by atoms with Gasteiger partial charge in [0.2, 0.25) is 0 Å². The maximum atomic E-state index is 5.87. The van der Waals surface area contributed by atoms with Crippen molar-refractivity contribution in [2.45, 2.75) is 59.4 Å². The third kappa shape index (κ3) is 7.04. The van der Waals surface area contributed by atoms with Crippen LogP contribution >= 0.6 is 0 Å². The molecule has 1 aromatic heterocycles. The highest BCUT2D eigenvalue weighted by atomic mass is 16.5. The molecule has 1 saturated heterocycles. The van der Waals surface area contributed by atoms with Crippen molar-refractivity contribution in [1.82, 2.24) is 20.2 Å². The highest BCUT2D eigenvalue weighted by Gasteiger charge is 2.17. The molecule has 2 unspecified atom stereocenters. The Bertz CT molecular complexity index is 523. The molecule has 142 valence electrons. The molecular formula is C18H33N5O2. The van der Waals surface area contributed by atoms with Crippen LogP contribution in [-0.4, -0.2) is 54.0 Å². The number of hydrogen-bond donors (Lipinski definition) is 2. The second-order valence-corrected chi connectivity index (χ2v) is 6.95. The van der Waals surface area contributed by atoms with Gasteiger partial charge >= 0.3 is 0 Å². The average Bonchev–Trinajstić information content (AvgIpc) is 3.22. The van der Waals surface area contributed by atoms with Crippen LogP contribution in [0.15, 0.2) is 17.4 Å². The van der Waals surface area contributed by atoms with E-state index in [1.54, 1.807) is 0 Å². The highest BCUT2D eigenvalue weighted by molar-refractivity contribution is 5.80. The summed E-state index contributed by atoms with van der Waals surface area (Å²) in [5.74, 6) is 2.36. The van der Waals surface area contributed by atoms with Crippen molar-refractivity contribution in [3.05, 3.63) is 18.2 Å². The average molecular weight is 351 g/mol. The summed E-state index contributed by atoms with van der Waals surface area (Å²) in [6.07, 6.45) is 5.07. The van der Waals surface area contributed by atoms with Gasteiger partial charge in [0.1, 0.15) is 12.4 Å². The molecule has 2 N–H and O–H groups in total. The lowest BCUT2D eigenvalue weighted by atomic mass is 10.2. The predicted octanol–water partition coefficient (Wildman–Crippen LogP) is 1.79. The maximum Gasteiger partial charge on any atom is 0.191 e. The van der Waals surface area contributed by atoms with E-state index < -0.39 is 0 Å². The molecule has 0 amide bonds. The Balaban J connectivity index is 1.85. The summed E-state index contributed by atoms with van der Waals surface area (Å²) in [5.41, 5.74) is 0. The minimum absolute atomic E-state index is 0.175. The highest BCUT2D eigenvalue weighted by Crippen LogP contribution is 2.08. The van der Waals surface area contributed by atoms with Gasteiger partial charge in [0.25, 0.3) is 0 Å². The Morgan fingerprint density at radius 1 is 1.48 bits per heavy atom. The molecule has 1 aromatic rings. The molecule has 2 atom stereocenters. The van der Waals surface area contributed by atoms with E-state index in [0.29, 0.717) is 25.7 Å². The van der Waals surface area contributed by atoms with E-state index in [1.807, 2.05) is 12.4 Å². The molecule has 7 heteroatoms. The number of hydrogen-bond acceptors (Lipinski definition) is 4. The molecule has 0 radical (unpaired) electrons. The molecule has 0 aromatic carbocycles. The smallest absolute Gasteiger partial charge is 0.191 e. The van der Waals surface area contributed by atoms with Crippen molar-refractivity contribution in [3.63, 3.8) is 0 Å². The first-order chi connectivity index (χ1) is 12.1. The van der Waals surface area contributed by atoms with Crippen LogP contribution in [0.1, 0.15) is 39.9 Å². The lowest BCUT2D eigenvalue weighted by Crippen LogP contribution is -2.44. The standard InChI is InChI=1S/C18H33N5O2/c1-5-19-18(22-15(4)12-25-16-6-9-24-13-16)21-10-17-20-7-8-23(17)11-14(2)3/h7-8,14-16H,5-6,9-13H2,1-4H3,(H2,19,21,22). The minimum Gasteiger partial charge on any atom is -0.379 e. The van der Waals surface area contributed by atoms with Crippen molar-refractivity contribution >= 4 is 5.96 Å². The minimum atomic E-state index is 0.175. The van der Waals surface area contributed by atoms with E-state index in [2.05, 4.69) is 52.9 Å². The summed E-state index contributed by atoms with van der Waals surface area (Å²) in [4.78, 5) is 9.11. The van der Waals surface area contributed by atoms with Gasteiger partial charge in [0.05, 0.1) is 19.3 Å². The van der Waals surface area contributed by atoms with E-state index in [9.17, 15) is 0 Å². The topological polar surface area (TPSA) is 72.7 Å². The summed E-state index contributed by atoms with van der Waals surface area (Å²) in [7, 11) is 0. The second kappa shape index (κ2) is 10.4. The zero-order valence-corrected chi connectivity index (χ0v) is 16.0.